The van der Waals surface area contributed by atoms with Gasteiger partial charge in [0.25, 0.3) is 11.5 Å². The molecule has 0 bridgehead atoms. The van der Waals surface area contributed by atoms with Gasteiger partial charge in [-0.3, -0.25) is 9.59 Å². The van der Waals surface area contributed by atoms with Crippen LogP contribution in [-0.2, 0) is 16.4 Å². The Kier molecular flexibility index (Phi) is 8.23. The van der Waals surface area contributed by atoms with Gasteiger partial charge in [0.2, 0.25) is 0 Å². The molecule has 1 heterocycles. The molecular formula is C26H37N3O4S. The number of carbonyl (C=O) groups excluding carboxylic acids is 1. The number of hydrogen-bond donors (Lipinski definition) is 2. The van der Waals surface area contributed by atoms with Crippen LogP contribution in [0, 0.1) is 20.8 Å². The maximum Gasteiger partial charge on any atom is 0.253 e. The average Bonchev–Trinajstić information content (AvgIpc) is 2.80. The molecule has 0 unspecified atom stereocenters. The molecule has 2 N–H and O–H groups in total. The molecule has 34 heavy (non-hydrogen) atoms. The maximum absolute atomic E-state index is 13.3. The molecule has 0 aliphatic heterocycles. The highest BCUT2D eigenvalue weighted by Gasteiger charge is 2.26. The third-order valence-electron chi connectivity index (χ3n) is 6.92. The van der Waals surface area contributed by atoms with Crippen molar-refractivity contribution in [3.05, 3.63) is 56.5 Å². The van der Waals surface area contributed by atoms with Crippen molar-refractivity contribution in [2.75, 3.05) is 17.2 Å². The fourth-order valence-electron chi connectivity index (χ4n) is 4.94. The summed E-state index contributed by atoms with van der Waals surface area (Å²) in [4.78, 5) is 30.9. The predicted octanol–water partition coefficient (Wildman–Crippen LogP) is 4.18. The Hall–Kier alpha value is -2.61. The third kappa shape index (κ3) is 5.54. The molecule has 7 nitrogen and oxygen atoms in total. The zero-order valence-corrected chi connectivity index (χ0v) is 21.8. The van der Waals surface area contributed by atoms with E-state index in [1.54, 1.807) is 13.0 Å². The predicted molar refractivity (Wildman–Crippen MR) is 137 cm³/mol. The topological polar surface area (TPSA) is 99.3 Å². The van der Waals surface area contributed by atoms with Crippen molar-refractivity contribution in [3.63, 3.8) is 0 Å². The Balaban J connectivity index is 2.02. The summed E-state index contributed by atoms with van der Waals surface area (Å²) in [5, 5.41) is 2.85. The normalized spacial score (nSPS) is 14.7. The first-order valence-electron chi connectivity index (χ1n) is 12.2. The Morgan fingerprint density at radius 3 is 2.35 bits per heavy atom. The van der Waals surface area contributed by atoms with Crippen molar-refractivity contribution < 1.29 is 13.2 Å². The molecule has 1 aromatic heterocycles. The number of aromatic nitrogens is 1. The van der Waals surface area contributed by atoms with E-state index in [9.17, 15) is 18.0 Å². The molecule has 1 amide bonds. The lowest BCUT2D eigenvalue weighted by atomic mass is 9.93. The number of amides is 1. The van der Waals surface area contributed by atoms with Crippen molar-refractivity contribution in [1.82, 2.24) is 10.3 Å². The standard InChI is InChI=1S/C26H37N3O4S/c1-6-29(20-11-9-8-10-12-20)24-15-21(34(32,33)7-2)14-22(19(24)5)25(30)27-16-23-17(3)13-18(4)28-26(23)31/h13-15,20H,6-12,16H2,1-5H3,(H,27,30)(H,28,31). The molecule has 0 spiro atoms. The highest BCUT2D eigenvalue weighted by Crippen LogP contribution is 2.33. The second-order valence-electron chi connectivity index (χ2n) is 9.22. The van der Waals surface area contributed by atoms with Crippen molar-refractivity contribution >= 4 is 21.4 Å². The zero-order chi connectivity index (χ0) is 25.0. The molecule has 1 aromatic carbocycles. The molecule has 186 valence electrons. The van der Waals surface area contributed by atoms with Crippen LogP contribution in [-0.4, -0.2) is 37.6 Å². The minimum Gasteiger partial charge on any atom is -0.369 e. The number of nitrogens with zero attached hydrogens (tertiary/aromatic N) is 1. The number of benzene rings is 1. The van der Waals surface area contributed by atoms with E-state index in [4.69, 9.17) is 0 Å². The van der Waals surface area contributed by atoms with E-state index in [-0.39, 0.29) is 28.7 Å². The van der Waals surface area contributed by atoms with Crippen LogP contribution in [0.3, 0.4) is 0 Å². The van der Waals surface area contributed by atoms with Crippen LogP contribution < -0.4 is 15.8 Å². The average molecular weight is 488 g/mol. The van der Waals surface area contributed by atoms with Crippen LogP contribution >= 0.6 is 0 Å². The van der Waals surface area contributed by atoms with E-state index in [2.05, 4.69) is 22.1 Å². The summed E-state index contributed by atoms with van der Waals surface area (Å²) in [5.74, 6) is -0.421. The summed E-state index contributed by atoms with van der Waals surface area (Å²) in [7, 11) is -3.51. The molecule has 1 saturated carbocycles. The van der Waals surface area contributed by atoms with Crippen molar-refractivity contribution in [2.45, 2.75) is 84.2 Å². The number of hydrogen-bond acceptors (Lipinski definition) is 5. The number of sulfone groups is 1. The molecular weight excluding hydrogens is 450 g/mol. The monoisotopic (exact) mass is 487 g/mol. The second-order valence-corrected chi connectivity index (χ2v) is 11.5. The number of rotatable bonds is 8. The zero-order valence-electron chi connectivity index (χ0n) is 21.0. The highest BCUT2D eigenvalue weighted by atomic mass is 32.2. The van der Waals surface area contributed by atoms with Gasteiger partial charge >= 0.3 is 0 Å². The largest absolute Gasteiger partial charge is 0.369 e. The van der Waals surface area contributed by atoms with E-state index in [1.165, 1.54) is 12.5 Å². The molecule has 1 aliphatic rings. The molecule has 0 radical (unpaired) electrons. The molecule has 1 fully saturated rings. The van der Waals surface area contributed by atoms with Gasteiger partial charge in [0.1, 0.15) is 0 Å². The van der Waals surface area contributed by atoms with E-state index >= 15 is 0 Å². The number of pyridine rings is 1. The number of carbonyl (C=O) groups is 1. The maximum atomic E-state index is 13.3. The molecule has 3 rings (SSSR count). The third-order valence-corrected chi connectivity index (χ3v) is 8.64. The molecule has 2 aromatic rings. The summed E-state index contributed by atoms with van der Waals surface area (Å²) in [6.45, 7) is 10.0. The Morgan fingerprint density at radius 1 is 1.09 bits per heavy atom. The van der Waals surface area contributed by atoms with Crippen molar-refractivity contribution in [2.24, 2.45) is 0 Å². The Bertz CT molecular complexity index is 1210. The van der Waals surface area contributed by atoms with Crippen LogP contribution in [0.2, 0.25) is 0 Å². The lowest BCUT2D eigenvalue weighted by molar-refractivity contribution is 0.0950. The number of aryl methyl sites for hydroxylation is 2. The smallest absolute Gasteiger partial charge is 0.253 e. The summed E-state index contributed by atoms with van der Waals surface area (Å²) < 4.78 is 25.7. The van der Waals surface area contributed by atoms with Crippen LogP contribution in [0.4, 0.5) is 5.69 Å². The van der Waals surface area contributed by atoms with Gasteiger partial charge in [0, 0.05) is 41.6 Å². The van der Waals surface area contributed by atoms with Crippen LogP contribution in [0.5, 0.6) is 0 Å². The quantitative estimate of drug-likeness (QED) is 0.582. The van der Waals surface area contributed by atoms with Gasteiger partial charge in [-0.05, 0) is 69.9 Å². The first kappa shape index (κ1) is 26.0. The minimum atomic E-state index is -3.51. The summed E-state index contributed by atoms with van der Waals surface area (Å²) >= 11 is 0. The van der Waals surface area contributed by atoms with E-state index in [0.717, 1.165) is 54.7 Å². The van der Waals surface area contributed by atoms with Crippen molar-refractivity contribution in [3.8, 4) is 0 Å². The summed E-state index contributed by atoms with van der Waals surface area (Å²) in [6, 6.07) is 5.41. The minimum absolute atomic E-state index is 0.0376. The Morgan fingerprint density at radius 2 is 1.76 bits per heavy atom. The van der Waals surface area contributed by atoms with Crippen molar-refractivity contribution in [1.29, 1.82) is 0 Å². The first-order valence-corrected chi connectivity index (χ1v) is 13.9. The molecule has 1 aliphatic carbocycles. The number of aromatic amines is 1. The van der Waals surface area contributed by atoms with E-state index < -0.39 is 9.84 Å². The highest BCUT2D eigenvalue weighted by molar-refractivity contribution is 7.91. The molecule has 0 saturated heterocycles. The fraction of sp³-hybridized carbons (Fsp3) is 0.538. The molecule has 8 heteroatoms. The van der Waals surface area contributed by atoms with Gasteiger partial charge in [-0.15, -0.1) is 0 Å². The van der Waals surface area contributed by atoms with Gasteiger partial charge in [-0.2, -0.15) is 0 Å². The van der Waals surface area contributed by atoms with Gasteiger partial charge in [0.05, 0.1) is 10.6 Å². The SMILES string of the molecule is CCN(c1cc(S(=O)(=O)CC)cc(C(=O)NCc2c(C)cc(C)[nH]c2=O)c1C)C1CCCCC1. The van der Waals surface area contributed by atoms with Gasteiger partial charge < -0.3 is 15.2 Å². The lowest BCUT2D eigenvalue weighted by Crippen LogP contribution is -2.38. The van der Waals surface area contributed by atoms with E-state index in [1.807, 2.05) is 26.8 Å². The number of H-pyrrole nitrogens is 1. The van der Waals surface area contributed by atoms with E-state index in [0.29, 0.717) is 17.2 Å². The van der Waals surface area contributed by atoms with Crippen LogP contribution in [0.1, 0.15) is 78.7 Å². The fourth-order valence-corrected chi connectivity index (χ4v) is 5.86. The van der Waals surface area contributed by atoms with Gasteiger partial charge in [-0.25, -0.2) is 8.42 Å². The first-order chi connectivity index (χ1) is 16.1. The van der Waals surface area contributed by atoms with Gasteiger partial charge in [0.15, 0.2) is 9.84 Å². The lowest BCUT2D eigenvalue weighted by Gasteiger charge is -2.37. The number of anilines is 1. The van der Waals surface area contributed by atoms with Crippen LogP contribution in [0.15, 0.2) is 27.9 Å². The second kappa shape index (κ2) is 10.8. The molecule has 0 atom stereocenters. The number of nitrogens with one attached hydrogen (secondary N) is 2. The van der Waals surface area contributed by atoms with Gasteiger partial charge in [-0.1, -0.05) is 26.2 Å². The Labute approximate surface area is 202 Å². The summed E-state index contributed by atoms with van der Waals surface area (Å²) in [5.41, 5.74) is 3.72. The van der Waals surface area contributed by atoms with Crippen LogP contribution in [0.25, 0.3) is 0 Å². The summed E-state index contributed by atoms with van der Waals surface area (Å²) in [6.07, 6.45) is 5.67.